The summed E-state index contributed by atoms with van der Waals surface area (Å²) in [5.74, 6) is 1.29. The molecule has 3 rings (SSSR count). The molecule has 1 amide bonds. The summed E-state index contributed by atoms with van der Waals surface area (Å²) in [6.45, 7) is 8.70. The second-order valence-electron chi connectivity index (χ2n) is 7.16. The Hall–Kier alpha value is -2.33. The lowest BCUT2D eigenvalue weighted by atomic mass is 10.0. The minimum atomic E-state index is 0.0688. The zero-order valence-corrected chi connectivity index (χ0v) is 15.7. The van der Waals surface area contributed by atoms with Crippen molar-refractivity contribution in [1.29, 1.82) is 0 Å². The van der Waals surface area contributed by atoms with Gasteiger partial charge in [0.2, 0.25) is 0 Å². The topological polar surface area (TPSA) is 32.8 Å². The quantitative estimate of drug-likeness (QED) is 0.797. The van der Waals surface area contributed by atoms with E-state index in [0.29, 0.717) is 5.92 Å². The molecule has 2 aromatic carbocycles. The molecule has 0 N–H and O–H groups in total. The van der Waals surface area contributed by atoms with Crippen LogP contribution >= 0.6 is 0 Å². The lowest BCUT2D eigenvalue weighted by molar-refractivity contribution is -0.135. The average molecular weight is 352 g/mol. The van der Waals surface area contributed by atoms with Crippen LogP contribution in [-0.4, -0.2) is 48.5 Å². The fourth-order valence-electron chi connectivity index (χ4n) is 3.20. The highest BCUT2D eigenvalue weighted by molar-refractivity contribution is 5.77. The highest BCUT2D eigenvalue weighted by atomic mass is 16.5. The van der Waals surface area contributed by atoms with Gasteiger partial charge < -0.3 is 9.64 Å². The van der Waals surface area contributed by atoms with Crippen LogP contribution in [0.4, 0.5) is 0 Å². The van der Waals surface area contributed by atoms with E-state index in [4.69, 9.17) is 4.74 Å². The summed E-state index contributed by atoms with van der Waals surface area (Å²) in [5, 5.41) is 0. The number of carbonyl (C=O) groups excluding carboxylic acids is 1. The van der Waals surface area contributed by atoms with Gasteiger partial charge >= 0.3 is 0 Å². The molecule has 0 radical (unpaired) electrons. The molecule has 0 unspecified atom stereocenters. The van der Waals surface area contributed by atoms with E-state index >= 15 is 0 Å². The number of piperazine rings is 1. The number of nitrogens with zero attached hydrogens (tertiary/aromatic N) is 2. The second-order valence-corrected chi connectivity index (χ2v) is 7.16. The van der Waals surface area contributed by atoms with E-state index in [1.807, 2.05) is 29.2 Å². The summed E-state index contributed by atoms with van der Waals surface area (Å²) in [4.78, 5) is 16.7. The van der Waals surface area contributed by atoms with Crippen LogP contribution in [0.5, 0.6) is 5.75 Å². The molecule has 138 valence electrons. The first kappa shape index (κ1) is 18.5. The molecule has 1 aliphatic heterocycles. The Labute approximate surface area is 156 Å². The van der Waals surface area contributed by atoms with Crippen LogP contribution in [0, 0.1) is 0 Å². The molecule has 0 bridgehead atoms. The smallest absolute Gasteiger partial charge is 0.260 e. The van der Waals surface area contributed by atoms with E-state index in [1.54, 1.807) is 0 Å². The van der Waals surface area contributed by atoms with E-state index in [2.05, 4.69) is 49.1 Å². The highest BCUT2D eigenvalue weighted by Gasteiger charge is 2.21. The third-order valence-electron chi connectivity index (χ3n) is 4.86. The minimum absolute atomic E-state index is 0.0688. The lowest BCUT2D eigenvalue weighted by Gasteiger charge is -2.34. The molecule has 0 atom stereocenters. The van der Waals surface area contributed by atoms with Gasteiger partial charge in [0.05, 0.1) is 0 Å². The molecule has 0 saturated carbocycles. The van der Waals surface area contributed by atoms with Crippen LogP contribution in [0.3, 0.4) is 0 Å². The number of benzene rings is 2. The first-order valence-corrected chi connectivity index (χ1v) is 9.38. The fourth-order valence-corrected chi connectivity index (χ4v) is 3.20. The van der Waals surface area contributed by atoms with Crippen LogP contribution in [0.2, 0.25) is 0 Å². The molecule has 0 aliphatic carbocycles. The predicted molar refractivity (Wildman–Crippen MR) is 104 cm³/mol. The van der Waals surface area contributed by atoms with Crippen LogP contribution in [0.1, 0.15) is 30.9 Å². The van der Waals surface area contributed by atoms with Gasteiger partial charge in [-0.15, -0.1) is 0 Å². The summed E-state index contributed by atoms with van der Waals surface area (Å²) in [6, 6.07) is 18.5. The van der Waals surface area contributed by atoms with Crippen LogP contribution in [-0.2, 0) is 11.3 Å². The maximum atomic E-state index is 12.4. The number of amides is 1. The van der Waals surface area contributed by atoms with E-state index in [9.17, 15) is 4.79 Å². The fraction of sp³-hybridized carbons (Fsp3) is 0.409. The molecule has 1 aliphatic rings. The zero-order chi connectivity index (χ0) is 18.4. The minimum Gasteiger partial charge on any atom is -0.484 e. The zero-order valence-electron chi connectivity index (χ0n) is 15.7. The summed E-state index contributed by atoms with van der Waals surface area (Å²) in [5.41, 5.74) is 2.55. The Morgan fingerprint density at radius 2 is 1.73 bits per heavy atom. The molecule has 0 aromatic heterocycles. The monoisotopic (exact) mass is 352 g/mol. The van der Waals surface area contributed by atoms with Crippen molar-refractivity contribution in [3.63, 3.8) is 0 Å². The third-order valence-corrected chi connectivity index (χ3v) is 4.86. The van der Waals surface area contributed by atoms with Crippen molar-refractivity contribution in [1.82, 2.24) is 9.80 Å². The Bertz CT molecular complexity index is 707. The summed E-state index contributed by atoms with van der Waals surface area (Å²) in [6.07, 6.45) is 0. The van der Waals surface area contributed by atoms with Crippen molar-refractivity contribution in [2.24, 2.45) is 0 Å². The number of ether oxygens (including phenoxy) is 1. The summed E-state index contributed by atoms with van der Waals surface area (Å²) in [7, 11) is 0. The molecule has 26 heavy (non-hydrogen) atoms. The maximum absolute atomic E-state index is 12.4. The normalized spacial score (nSPS) is 15.3. The number of rotatable bonds is 6. The lowest BCUT2D eigenvalue weighted by Crippen LogP contribution is -2.49. The maximum Gasteiger partial charge on any atom is 0.260 e. The molecule has 1 heterocycles. The standard InChI is InChI=1S/C22H28N2O2/c1-18(2)20-9-6-10-21(15-20)26-17-22(25)24-13-11-23(12-14-24)16-19-7-4-3-5-8-19/h3-10,15,18H,11-14,16-17H2,1-2H3. The van der Waals surface area contributed by atoms with Crippen LogP contribution < -0.4 is 4.74 Å². The van der Waals surface area contributed by atoms with Crippen molar-refractivity contribution >= 4 is 5.91 Å². The largest absolute Gasteiger partial charge is 0.484 e. The van der Waals surface area contributed by atoms with E-state index < -0.39 is 0 Å². The molecule has 4 nitrogen and oxygen atoms in total. The van der Waals surface area contributed by atoms with Crippen molar-refractivity contribution < 1.29 is 9.53 Å². The predicted octanol–water partition coefficient (Wildman–Crippen LogP) is 3.53. The van der Waals surface area contributed by atoms with Crippen molar-refractivity contribution in [2.75, 3.05) is 32.8 Å². The van der Waals surface area contributed by atoms with Gasteiger partial charge in [0.25, 0.3) is 5.91 Å². The van der Waals surface area contributed by atoms with E-state index in [-0.39, 0.29) is 12.5 Å². The molecule has 1 saturated heterocycles. The van der Waals surface area contributed by atoms with Gasteiger partial charge in [0, 0.05) is 32.7 Å². The Kier molecular flexibility index (Phi) is 6.29. The number of hydrogen-bond donors (Lipinski definition) is 0. The van der Waals surface area contributed by atoms with Crippen LogP contribution in [0.15, 0.2) is 54.6 Å². The van der Waals surface area contributed by atoms with Gasteiger partial charge in [0.15, 0.2) is 6.61 Å². The Morgan fingerprint density at radius 3 is 2.42 bits per heavy atom. The van der Waals surface area contributed by atoms with Gasteiger partial charge in [-0.25, -0.2) is 0 Å². The third kappa shape index (κ3) is 5.09. The van der Waals surface area contributed by atoms with Gasteiger partial charge in [0.1, 0.15) is 5.75 Å². The first-order valence-electron chi connectivity index (χ1n) is 9.38. The number of carbonyl (C=O) groups is 1. The Balaban J connectivity index is 1.44. The number of hydrogen-bond acceptors (Lipinski definition) is 3. The van der Waals surface area contributed by atoms with Gasteiger partial charge in [-0.3, -0.25) is 9.69 Å². The first-order chi connectivity index (χ1) is 12.6. The van der Waals surface area contributed by atoms with Crippen molar-refractivity contribution in [3.8, 4) is 5.75 Å². The van der Waals surface area contributed by atoms with Gasteiger partial charge in [-0.05, 0) is 29.2 Å². The molecular weight excluding hydrogens is 324 g/mol. The molecule has 0 spiro atoms. The molecule has 2 aromatic rings. The van der Waals surface area contributed by atoms with Gasteiger partial charge in [-0.1, -0.05) is 56.3 Å². The van der Waals surface area contributed by atoms with Crippen molar-refractivity contribution in [3.05, 3.63) is 65.7 Å². The molecule has 1 fully saturated rings. The second kappa shape index (κ2) is 8.86. The summed E-state index contributed by atoms with van der Waals surface area (Å²) >= 11 is 0. The SMILES string of the molecule is CC(C)c1cccc(OCC(=O)N2CCN(Cc3ccccc3)CC2)c1. The molecule has 4 heteroatoms. The Morgan fingerprint density at radius 1 is 1.00 bits per heavy atom. The van der Waals surface area contributed by atoms with Gasteiger partial charge in [-0.2, -0.15) is 0 Å². The highest BCUT2D eigenvalue weighted by Crippen LogP contribution is 2.20. The summed E-state index contributed by atoms with van der Waals surface area (Å²) < 4.78 is 5.73. The van der Waals surface area contributed by atoms with E-state index in [0.717, 1.165) is 38.5 Å². The average Bonchev–Trinajstić information content (AvgIpc) is 2.68. The molecular formula is C22H28N2O2. The van der Waals surface area contributed by atoms with E-state index in [1.165, 1.54) is 11.1 Å². The van der Waals surface area contributed by atoms with Crippen LogP contribution in [0.25, 0.3) is 0 Å². The van der Waals surface area contributed by atoms with Crippen molar-refractivity contribution in [2.45, 2.75) is 26.3 Å².